The molecule has 0 aromatic heterocycles. The van der Waals surface area contributed by atoms with Crippen LogP contribution in [0.2, 0.25) is 0 Å². The fraction of sp³-hybridized carbons (Fsp3) is 0.176. The molecule has 0 bridgehead atoms. The van der Waals surface area contributed by atoms with Crippen molar-refractivity contribution < 1.29 is 55.7 Å². The molecule has 0 spiro atoms. The number of phenols is 2. The molecule has 4 aromatic carbocycles. The summed E-state index contributed by atoms with van der Waals surface area (Å²) in [5.74, 6) is -5.19. The Bertz CT molecular complexity index is 2070. The van der Waals surface area contributed by atoms with E-state index in [4.69, 9.17) is 0 Å². The number of rotatable bonds is 5. The van der Waals surface area contributed by atoms with Crippen LogP contribution in [0.5, 0.6) is 11.5 Å². The Morgan fingerprint density at radius 3 is 1.65 bits per heavy atom. The Balaban J connectivity index is 1.44. The van der Waals surface area contributed by atoms with E-state index in [0.29, 0.717) is 58.0 Å². The predicted octanol–water partition coefficient (Wildman–Crippen LogP) is 6.98. The first-order valence-electron chi connectivity index (χ1n) is 14.2. The van der Waals surface area contributed by atoms with E-state index in [2.05, 4.69) is 0 Å². The quantitative estimate of drug-likeness (QED) is 0.156. The third-order valence-electron chi connectivity index (χ3n) is 8.54. The van der Waals surface area contributed by atoms with Gasteiger partial charge in [-0.2, -0.15) is 26.3 Å². The van der Waals surface area contributed by atoms with Crippen molar-refractivity contribution in [1.82, 2.24) is 5.32 Å². The smallest absolute Gasteiger partial charge is 0.411 e. The zero-order valence-corrected chi connectivity index (χ0v) is 24.7. The SMILES string of the molecule is CC(C)c1ccc(-c2ccc(N3C(=O)c4ccc(C(c5ccc6c(c5)C(=O)NC6=O)(C(F)(F)F)C(F)(F)F)cc4C3=O)c(O)c2)cc1O. The fourth-order valence-corrected chi connectivity index (χ4v) is 6.18. The van der Waals surface area contributed by atoms with Crippen LogP contribution < -0.4 is 10.2 Å². The van der Waals surface area contributed by atoms with E-state index in [9.17, 15) is 55.7 Å². The minimum absolute atomic E-state index is 0.00680. The van der Waals surface area contributed by atoms with Gasteiger partial charge in [0.15, 0.2) is 0 Å². The number of anilines is 1. The van der Waals surface area contributed by atoms with Crippen LogP contribution in [-0.4, -0.2) is 46.2 Å². The largest absolute Gasteiger partial charge is 0.508 e. The van der Waals surface area contributed by atoms with Crippen molar-refractivity contribution >= 4 is 29.3 Å². The van der Waals surface area contributed by atoms with Gasteiger partial charge in [0, 0.05) is 0 Å². The number of carbonyl (C=O) groups excluding carboxylic acids is 4. The summed E-state index contributed by atoms with van der Waals surface area (Å²) in [6.45, 7) is 3.76. The molecular formula is C34H22F6N2O6. The van der Waals surface area contributed by atoms with Gasteiger partial charge in [-0.3, -0.25) is 24.5 Å². The number of amides is 4. The summed E-state index contributed by atoms with van der Waals surface area (Å²) in [5.41, 5.74) is -9.02. The van der Waals surface area contributed by atoms with Crippen molar-refractivity contribution in [3.05, 3.63) is 112 Å². The highest BCUT2D eigenvalue weighted by Crippen LogP contribution is 2.57. The molecule has 0 unspecified atom stereocenters. The lowest BCUT2D eigenvalue weighted by Crippen LogP contribution is -2.55. The van der Waals surface area contributed by atoms with Gasteiger partial charge in [-0.05, 0) is 76.2 Å². The molecule has 0 fully saturated rings. The maximum Gasteiger partial charge on any atom is 0.411 e. The normalized spacial score (nSPS) is 14.9. The number of hydrogen-bond acceptors (Lipinski definition) is 6. The monoisotopic (exact) mass is 668 g/mol. The van der Waals surface area contributed by atoms with Crippen LogP contribution in [0.3, 0.4) is 0 Å². The summed E-state index contributed by atoms with van der Waals surface area (Å²) in [7, 11) is 0. The molecule has 0 radical (unpaired) electrons. The number of hydrogen-bond donors (Lipinski definition) is 3. The van der Waals surface area contributed by atoms with Crippen LogP contribution in [0.4, 0.5) is 32.0 Å². The number of fused-ring (bicyclic) bond motifs is 2. The number of imide groups is 2. The molecule has 14 heteroatoms. The molecule has 48 heavy (non-hydrogen) atoms. The number of phenolic OH excluding ortho intramolecular Hbond substituents is 2. The topological polar surface area (TPSA) is 124 Å². The highest BCUT2D eigenvalue weighted by atomic mass is 19.4. The van der Waals surface area contributed by atoms with Crippen molar-refractivity contribution in [3.8, 4) is 22.6 Å². The number of aromatic hydroxyl groups is 2. The maximum absolute atomic E-state index is 14.9. The summed E-state index contributed by atoms with van der Waals surface area (Å²) < 4.78 is 89.1. The molecule has 0 aliphatic carbocycles. The Kier molecular flexibility index (Phi) is 7.19. The van der Waals surface area contributed by atoms with Crippen LogP contribution in [0.25, 0.3) is 11.1 Å². The van der Waals surface area contributed by atoms with Crippen molar-refractivity contribution in [1.29, 1.82) is 0 Å². The van der Waals surface area contributed by atoms with Crippen LogP contribution in [0.15, 0.2) is 72.8 Å². The van der Waals surface area contributed by atoms with Gasteiger partial charge in [0.1, 0.15) is 11.5 Å². The molecule has 0 saturated heterocycles. The molecule has 6 rings (SSSR count). The van der Waals surface area contributed by atoms with Gasteiger partial charge in [-0.1, -0.05) is 44.2 Å². The Morgan fingerprint density at radius 1 is 0.604 bits per heavy atom. The summed E-state index contributed by atoms with van der Waals surface area (Å²) in [4.78, 5) is 51.4. The van der Waals surface area contributed by atoms with E-state index in [0.717, 1.165) is 0 Å². The minimum Gasteiger partial charge on any atom is -0.508 e. The lowest BCUT2D eigenvalue weighted by molar-refractivity contribution is -0.288. The summed E-state index contributed by atoms with van der Waals surface area (Å²) >= 11 is 0. The minimum atomic E-state index is -6.10. The van der Waals surface area contributed by atoms with Crippen molar-refractivity contribution in [2.24, 2.45) is 0 Å². The zero-order chi connectivity index (χ0) is 35.1. The Hall–Kier alpha value is -5.66. The number of carbonyl (C=O) groups is 4. The van der Waals surface area contributed by atoms with E-state index in [1.165, 1.54) is 24.3 Å². The van der Waals surface area contributed by atoms with E-state index in [1.807, 2.05) is 19.2 Å². The Labute approximate surface area is 267 Å². The van der Waals surface area contributed by atoms with Gasteiger partial charge in [0.25, 0.3) is 23.6 Å². The number of nitrogens with zero attached hydrogens (tertiary/aromatic N) is 1. The van der Waals surface area contributed by atoms with Gasteiger partial charge in [-0.25, -0.2) is 4.90 Å². The number of benzene rings is 4. The average Bonchev–Trinajstić information content (AvgIpc) is 3.41. The van der Waals surface area contributed by atoms with Crippen LogP contribution in [0, 0.1) is 0 Å². The van der Waals surface area contributed by atoms with Gasteiger partial charge in [0.05, 0.1) is 27.9 Å². The molecule has 2 heterocycles. The number of nitrogens with one attached hydrogen (secondary N) is 1. The first kappa shape index (κ1) is 32.3. The van der Waals surface area contributed by atoms with Crippen molar-refractivity contribution in [2.45, 2.75) is 37.5 Å². The standard InChI is InChI=1S/C34H22F6N2O6/c1-15(2)20-7-3-16(11-26(20)43)17-4-10-25(27(44)12-17)42-30(47)22-9-6-19(14-24(22)31(42)48)32(33(35,36)37,34(38,39)40)18-5-8-21-23(13-18)29(46)41-28(21)45/h3-15,43-44H,1-2H3,(H,41,45,46). The molecule has 4 aromatic rings. The number of halogens is 6. The van der Waals surface area contributed by atoms with E-state index in [1.54, 1.807) is 12.1 Å². The third-order valence-corrected chi connectivity index (χ3v) is 8.54. The molecule has 0 atom stereocenters. The van der Waals surface area contributed by atoms with Gasteiger partial charge in [-0.15, -0.1) is 0 Å². The van der Waals surface area contributed by atoms with E-state index in [-0.39, 0.29) is 17.4 Å². The molecule has 0 saturated carbocycles. The first-order chi connectivity index (χ1) is 22.4. The second-order valence-corrected chi connectivity index (χ2v) is 11.6. The second-order valence-electron chi connectivity index (χ2n) is 11.6. The van der Waals surface area contributed by atoms with E-state index < -0.39 is 80.5 Å². The van der Waals surface area contributed by atoms with Crippen LogP contribution in [0.1, 0.15) is 77.9 Å². The average molecular weight is 669 g/mol. The van der Waals surface area contributed by atoms with Crippen molar-refractivity contribution in [3.63, 3.8) is 0 Å². The molecule has 2 aliphatic heterocycles. The van der Waals surface area contributed by atoms with Crippen LogP contribution >= 0.6 is 0 Å². The molecule has 3 N–H and O–H groups in total. The molecule has 246 valence electrons. The Morgan fingerprint density at radius 2 is 1.10 bits per heavy atom. The van der Waals surface area contributed by atoms with Crippen LogP contribution in [-0.2, 0) is 5.41 Å². The fourth-order valence-electron chi connectivity index (χ4n) is 6.18. The summed E-state index contributed by atoms with van der Waals surface area (Å²) in [6.07, 6.45) is -12.2. The molecule has 2 aliphatic rings. The molecular weight excluding hydrogens is 646 g/mol. The highest BCUT2D eigenvalue weighted by molar-refractivity contribution is 6.35. The maximum atomic E-state index is 14.9. The summed E-state index contributed by atoms with van der Waals surface area (Å²) in [5, 5.41) is 23.0. The van der Waals surface area contributed by atoms with Gasteiger partial charge >= 0.3 is 12.4 Å². The van der Waals surface area contributed by atoms with Gasteiger partial charge in [0.2, 0.25) is 5.41 Å². The van der Waals surface area contributed by atoms with Crippen molar-refractivity contribution in [2.75, 3.05) is 4.90 Å². The lowest BCUT2D eigenvalue weighted by Gasteiger charge is -2.38. The number of alkyl halides is 6. The molecule has 4 amide bonds. The lowest BCUT2D eigenvalue weighted by atomic mass is 9.71. The third kappa shape index (κ3) is 4.61. The first-order valence-corrected chi connectivity index (χ1v) is 14.2. The predicted molar refractivity (Wildman–Crippen MR) is 158 cm³/mol. The van der Waals surface area contributed by atoms with E-state index >= 15 is 0 Å². The highest BCUT2D eigenvalue weighted by Gasteiger charge is 2.73. The zero-order valence-electron chi connectivity index (χ0n) is 24.7. The second kappa shape index (κ2) is 10.7. The summed E-state index contributed by atoms with van der Waals surface area (Å²) in [6, 6.07) is 11.4. The molecule has 8 nitrogen and oxygen atoms in total. The van der Waals surface area contributed by atoms with Gasteiger partial charge < -0.3 is 10.2 Å².